The molecular formula is C19H17BrCl2O. The highest BCUT2D eigenvalue weighted by atomic mass is 79.9. The fourth-order valence-corrected chi connectivity index (χ4v) is 3.83. The minimum Gasteiger partial charge on any atom is -0.298 e. The highest BCUT2D eigenvalue weighted by molar-refractivity contribution is 9.10. The van der Waals surface area contributed by atoms with E-state index < -0.39 is 0 Å². The summed E-state index contributed by atoms with van der Waals surface area (Å²) >= 11 is 16.1. The van der Waals surface area contributed by atoms with Gasteiger partial charge in [0.05, 0.1) is 5.02 Å². The molecule has 0 amide bonds. The van der Waals surface area contributed by atoms with Gasteiger partial charge in [0, 0.05) is 15.1 Å². The summed E-state index contributed by atoms with van der Waals surface area (Å²) in [6.07, 6.45) is 3.51. The Kier molecular flexibility index (Phi) is 6.07. The van der Waals surface area contributed by atoms with Crippen LogP contribution in [0.2, 0.25) is 10.0 Å². The van der Waals surface area contributed by atoms with Gasteiger partial charge in [0.1, 0.15) is 0 Å². The molecule has 0 aromatic heterocycles. The number of benzene rings is 2. The predicted molar refractivity (Wildman–Crippen MR) is 103 cm³/mol. The monoisotopic (exact) mass is 410 g/mol. The molecule has 23 heavy (non-hydrogen) atoms. The van der Waals surface area contributed by atoms with Crippen molar-refractivity contribution in [2.45, 2.75) is 27.2 Å². The van der Waals surface area contributed by atoms with Gasteiger partial charge in [-0.1, -0.05) is 50.8 Å². The second-order valence-corrected chi connectivity index (χ2v) is 7.37. The smallest absolute Gasteiger partial charge is 0.151 e. The molecule has 4 heteroatoms. The van der Waals surface area contributed by atoms with E-state index in [-0.39, 0.29) is 0 Å². The van der Waals surface area contributed by atoms with E-state index in [4.69, 9.17) is 23.2 Å². The van der Waals surface area contributed by atoms with Crippen molar-refractivity contribution in [3.63, 3.8) is 0 Å². The zero-order chi connectivity index (χ0) is 17.1. The quantitative estimate of drug-likeness (QED) is 0.503. The van der Waals surface area contributed by atoms with Crippen LogP contribution < -0.4 is 0 Å². The summed E-state index contributed by atoms with van der Waals surface area (Å²) in [5.41, 5.74) is 5.99. The first-order valence-corrected chi connectivity index (χ1v) is 8.74. The molecule has 0 heterocycles. The van der Waals surface area contributed by atoms with Crippen LogP contribution in [0.25, 0.3) is 6.08 Å². The molecule has 0 aliphatic heterocycles. The molecule has 0 bridgehead atoms. The van der Waals surface area contributed by atoms with Gasteiger partial charge in [0.2, 0.25) is 0 Å². The average Bonchev–Trinajstić information content (AvgIpc) is 2.47. The minimum atomic E-state index is 0.435. The van der Waals surface area contributed by atoms with Crippen LogP contribution in [0, 0.1) is 13.8 Å². The third-order valence-corrected chi connectivity index (χ3v) is 5.01. The minimum absolute atomic E-state index is 0.435. The van der Waals surface area contributed by atoms with Gasteiger partial charge in [0.25, 0.3) is 0 Å². The standard InChI is InChI=1S/C19H17BrCl2O/c1-11(6-16-12(2)8-15(20)9-13(16)3)7-17-18(21)5-4-14(10-23)19(17)22/h4-6,8-10H,7H2,1-3H3/b11-6+. The molecule has 120 valence electrons. The van der Waals surface area contributed by atoms with Crippen molar-refractivity contribution in [2.75, 3.05) is 0 Å². The first-order valence-electron chi connectivity index (χ1n) is 7.19. The maximum atomic E-state index is 11.0. The lowest BCUT2D eigenvalue weighted by Crippen LogP contribution is -1.95. The molecule has 0 N–H and O–H groups in total. The van der Waals surface area contributed by atoms with E-state index in [2.05, 4.69) is 48.0 Å². The van der Waals surface area contributed by atoms with Crippen LogP contribution in [0.1, 0.15) is 39.5 Å². The maximum Gasteiger partial charge on any atom is 0.151 e. The second-order valence-electron chi connectivity index (χ2n) is 5.67. The molecule has 2 aromatic carbocycles. The summed E-state index contributed by atoms with van der Waals surface area (Å²) in [7, 11) is 0. The third-order valence-electron chi connectivity index (χ3n) is 3.75. The Morgan fingerprint density at radius 2 is 1.78 bits per heavy atom. The summed E-state index contributed by atoms with van der Waals surface area (Å²) in [5, 5.41) is 1.02. The average molecular weight is 412 g/mol. The number of aldehydes is 1. The van der Waals surface area contributed by atoms with Crippen molar-refractivity contribution in [1.29, 1.82) is 0 Å². The number of aryl methyl sites for hydroxylation is 2. The van der Waals surface area contributed by atoms with Crippen molar-refractivity contribution < 1.29 is 4.79 Å². The van der Waals surface area contributed by atoms with Gasteiger partial charge in [-0.25, -0.2) is 0 Å². The van der Waals surface area contributed by atoms with E-state index in [0.29, 0.717) is 22.0 Å². The van der Waals surface area contributed by atoms with Crippen molar-refractivity contribution >= 4 is 51.5 Å². The Hall–Kier alpha value is -1.09. The van der Waals surface area contributed by atoms with Gasteiger partial charge in [-0.2, -0.15) is 0 Å². The maximum absolute atomic E-state index is 11.0. The zero-order valence-electron chi connectivity index (χ0n) is 13.2. The van der Waals surface area contributed by atoms with E-state index in [0.717, 1.165) is 21.9 Å². The van der Waals surface area contributed by atoms with Crippen molar-refractivity contribution in [2.24, 2.45) is 0 Å². The molecule has 0 aliphatic rings. The molecule has 0 saturated heterocycles. The predicted octanol–water partition coefficient (Wildman–Crippen LogP) is 6.83. The number of carbonyl (C=O) groups excluding carboxylic acids is 1. The number of hydrogen-bond acceptors (Lipinski definition) is 1. The van der Waals surface area contributed by atoms with Crippen LogP contribution >= 0.6 is 39.1 Å². The van der Waals surface area contributed by atoms with E-state index in [1.807, 2.05) is 6.92 Å². The van der Waals surface area contributed by atoms with Crippen LogP contribution in [-0.4, -0.2) is 6.29 Å². The lowest BCUT2D eigenvalue weighted by Gasteiger charge is -2.11. The number of halogens is 3. The summed E-state index contributed by atoms with van der Waals surface area (Å²) < 4.78 is 1.08. The molecule has 1 nitrogen and oxygen atoms in total. The van der Waals surface area contributed by atoms with Gasteiger partial charge < -0.3 is 0 Å². The van der Waals surface area contributed by atoms with Gasteiger partial charge in [0.15, 0.2) is 6.29 Å². The number of carbonyl (C=O) groups is 1. The summed E-state index contributed by atoms with van der Waals surface area (Å²) in [5.74, 6) is 0. The molecule has 0 atom stereocenters. The summed E-state index contributed by atoms with van der Waals surface area (Å²) in [6, 6.07) is 7.55. The van der Waals surface area contributed by atoms with Crippen LogP contribution in [0.15, 0.2) is 34.3 Å². The fraction of sp³-hybridized carbons (Fsp3) is 0.211. The lowest BCUT2D eigenvalue weighted by atomic mass is 9.97. The Morgan fingerprint density at radius 3 is 2.35 bits per heavy atom. The molecule has 0 spiro atoms. The lowest BCUT2D eigenvalue weighted by molar-refractivity contribution is 0.112. The highest BCUT2D eigenvalue weighted by Gasteiger charge is 2.11. The van der Waals surface area contributed by atoms with Crippen LogP contribution in [0.3, 0.4) is 0 Å². The van der Waals surface area contributed by atoms with Crippen molar-refractivity contribution in [3.8, 4) is 0 Å². The first-order chi connectivity index (χ1) is 10.8. The molecule has 2 aromatic rings. The van der Waals surface area contributed by atoms with E-state index in [1.165, 1.54) is 16.7 Å². The van der Waals surface area contributed by atoms with Crippen molar-refractivity contribution in [1.82, 2.24) is 0 Å². The molecule has 2 rings (SSSR count). The van der Waals surface area contributed by atoms with Gasteiger partial charge in [-0.3, -0.25) is 4.79 Å². The summed E-state index contributed by atoms with van der Waals surface area (Å²) in [4.78, 5) is 11.0. The fourth-order valence-electron chi connectivity index (χ4n) is 2.59. The highest BCUT2D eigenvalue weighted by Crippen LogP contribution is 2.30. The van der Waals surface area contributed by atoms with Crippen LogP contribution in [-0.2, 0) is 6.42 Å². The van der Waals surface area contributed by atoms with Gasteiger partial charge in [-0.05, 0) is 73.7 Å². The first kappa shape index (κ1) is 18.3. The Labute approximate surface area is 155 Å². The molecule has 0 fully saturated rings. The van der Waals surface area contributed by atoms with Crippen molar-refractivity contribution in [3.05, 3.63) is 72.2 Å². The number of allylic oxidation sites excluding steroid dienone is 1. The number of rotatable bonds is 4. The van der Waals surface area contributed by atoms with E-state index in [9.17, 15) is 4.79 Å². The summed E-state index contributed by atoms with van der Waals surface area (Å²) in [6.45, 7) is 6.22. The largest absolute Gasteiger partial charge is 0.298 e. The molecule has 0 saturated carbocycles. The topological polar surface area (TPSA) is 17.1 Å². The third kappa shape index (κ3) is 4.26. The second kappa shape index (κ2) is 7.65. The van der Waals surface area contributed by atoms with Gasteiger partial charge in [-0.15, -0.1) is 0 Å². The molecule has 0 radical (unpaired) electrons. The van der Waals surface area contributed by atoms with E-state index in [1.54, 1.807) is 12.1 Å². The molecular weight excluding hydrogens is 395 g/mol. The van der Waals surface area contributed by atoms with Gasteiger partial charge >= 0.3 is 0 Å². The zero-order valence-corrected chi connectivity index (χ0v) is 16.3. The SMILES string of the molecule is C/C(=C\c1c(C)cc(Br)cc1C)Cc1c(Cl)ccc(C=O)c1Cl. The number of hydrogen-bond donors (Lipinski definition) is 0. The van der Waals surface area contributed by atoms with E-state index >= 15 is 0 Å². The Balaban J connectivity index is 2.40. The van der Waals surface area contributed by atoms with Crippen LogP contribution in [0.4, 0.5) is 0 Å². The molecule has 0 aliphatic carbocycles. The Bertz CT molecular complexity index is 771. The Morgan fingerprint density at radius 1 is 1.17 bits per heavy atom. The normalized spacial score (nSPS) is 11.7. The molecule has 0 unspecified atom stereocenters. The van der Waals surface area contributed by atoms with Crippen LogP contribution in [0.5, 0.6) is 0 Å².